The molecular formula is C21H24N4O3S. The summed E-state index contributed by atoms with van der Waals surface area (Å²) >= 11 is 0. The third-order valence-corrected chi connectivity index (χ3v) is 7.10. The molecule has 1 atom stereocenters. The molecule has 1 N–H and O–H groups in total. The summed E-state index contributed by atoms with van der Waals surface area (Å²) in [6.07, 6.45) is 3.10. The van der Waals surface area contributed by atoms with Gasteiger partial charge in [0.25, 0.3) is 0 Å². The molecule has 4 rings (SSSR count). The Bertz CT molecular complexity index is 1140. The van der Waals surface area contributed by atoms with Gasteiger partial charge in [-0.3, -0.25) is 9.48 Å². The Balaban J connectivity index is 1.55. The van der Waals surface area contributed by atoms with Gasteiger partial charge in [0.15, 0.2) is 0 Å². The minimum absolute atomic E-state index is 0.210. The maximum atomic E-state index is 13.0. The van der Waals surface area contributed by atoms with Gasteiger partial charge in [-0.2, -0.15) is 9.40 Å². The molecule has 1 aliphatic heterocycles. The zero-order valence-electron chi connectivity index (χ0n) is 16.4. The number of rotatable bonds is 5. The Hall–Kier alpha value is -2.71. The van der Waals surface area contributed by atoms with Crippen molar-refractivity contribution in [2.75, 3.05) is 11.9 Å². The first kappa shape index (κ1) is 19.6. The molecule has 1 saturated heterocycles. The molecule has 3 aromatic rings. The van der Waals surface area contributed by atoms with Gasteiger partial charge in [0, 0.05) is 29.9 Å². The number of hydrogen-bond donors (Lipinski definition) is 1. The fourth-order valence-corrected chi connectivity index (χ4v) is 5.31. The number of anilines is 1. The van der Waals surface area contributed by atoms with E-state index in [0.29, 0.717) is 25.1 Å². The van der Waals surface area contributed by atoms with Crippen LogP contribution < -0.4 is 5.32 Å². The molecule has 29 heavy (non-hydrogen) atoms. The first-order valence-corrected chi connectivity index (χ1v) is 11.2. The molecule has 1 aromatic heterocycles. The van der Waals surface area contributed by atoms with E-state index in [2.05, 4.69) is 24.3 Å². The van der Waals surface area contributed by atoms with Crippen molar-refractivity contribution in [2.24, 2.45) is 0 Å². The third-order valence-electron chi connectivity index (χ3n) is 5.17. The standard InChI is InChI=1S/C21H24N4O3S/c1-15(2)24-14-16-13-17(10-11-19(16)23-24)22-21(26)20-9-6-12-25(20)29(27,28)18-7-4-3-5-8-18/h3-5,7-8,10-11,13-15,20H,6,9,12H2,1-2H3,(H,22,26). The summed E-state index contributed by atoms with van der Waals surface area (Å²) in [5, 5.41) is 8.32. The van der Waals surface area contributed by atoms with Crippen molar-refractivity contribution in [2.45, 2.75) is 43.7 Å². The highest BCUT2D eigenvalue weighted by atomic mass is 32.2. The molecule has 0 aliphatic carbocycles. The molecule has 0 radical (unpaired) electrons. The molecule has 0 saturated carbocycles. The fraction of sp³-hybridized carbons (Fsp3) is 0.333. The summed E-state index contributed by atoms with van der Waals surface area (Å²) in [5.41, 5.74) is 1.49. The van der Waals surface area contributed by atoms with Crippen LogP contribution in [-0.2, 0) is 14.8 Å². The lowest BCUT2D eigenvalue weighted by atomic mass is 10.2. The summed E-state index contributed by atoms with van der Waals surface area (Å²) in [5.74, 6) is -0.308. The zero-order valence-corrected chi connectivity index (χ0v) is 17.3. The van der Waals surface area contributed by atoms with E-state index in [0.717, 1.165) is 10.9 Å². The molecule has 152 valence electrons. The van der Waals surface area contributed by atoms with Crippen LogP contribution in [0, 0.1) is 0 Å². The molecule has 0 bridgehead atoms. The quantitative estimate of drug-likeness (QED) is 0.696. The first-order valence-electron chi connectivity index (χ1n) is 9.73. The predicted octanol–water partition coefficient (Wildman–Crippen LogP) is 3.41. The first-order chi connectivity index (χ1) is 13.9. The summed E-state index contributed by atoms with van der Waals surface area (Å²) in [7, 11) is -3.71. The summed E-state index contributed by atoms with van der Waals surface area (Å²) in [6.45, 7) is 4.45. The van der Waals surface area contributed by atoms with Crippen LogP contribution in [0.2, 0.25) is 0 Å². The van der Waals surface area contributed by atoms with E-state index in [4.69, 9.17) is 0 Å². The van der Waals surface area contributed by atoms with Crippen molar-refractivity contribution in [3.63, 3.8) is 0 Å². The van der Waals surface area contributed by atoms with Gasteiger partial charge in [-0.25, -0.2) is 8.42 Å². The molecule has 2 heterocycles. The van der Waals surface area contributed by atoms with Crippen molar-refractivity contribution >= 4 is 32.5 Å². The average Bonchev–Trinajstić information content (AvgIpc) is 3.36. The van der Waals surface area contributed by atoms with E-state index in [1.165, 1.54) is 4.31 Å². The number of carbonyl (C=O) groups excluding carboxylic acids is 1. The number of amides is 1. The fourth-order valence-electron chi connectivity index (χ4n) is 3.63. The van der Waals surface area contributed by atoms with Gasteiger partial charge in [-0.15, -0.1) is 0 Å². The van der Waals surface area contributed by atoms with Crippen molar-refractivity contribution in [3.8, 4) is 0 Å². The number of carbonyl (C=O) groups is 1. The maximum Gasteiger partial charge on any atom is 0.243 e. The van der Waals surface area contributed by atoms with E-state index < -0.39 is 16.1 Å². The number of nitrogens with zero attached hydrogens (tertiary/aromatic N) is 3. The molecule has 1 amide bonds. The van der Waals surface area contributed by atoms with Gasteiger partial charge in [0.05, 0.1) is 10.4 Å². The zero-order chi connectivity index (χ0) is 20.6. The number of fused-ring (bicyclic) bond motifs is 1. The number of aromatic nitrogens is 2. The average molecular weight is 413 g/mol. The predicted molar refractivity (Wildman–Crippen MR) is 112 cm³/mol. The van der Waals surface area contributed by atoms with E-state index in [9.17, 15) is 13.2 Å². The Morgan fingerprint density at radius 2 is 1.93 bits per heavy atom. The Kier molecular flexibility index (Phi) is 5.14. The molecule has 8 heteroatoms. The second-order valence-electron chi connectivity index (χ2n) is 7.55. The minimum atomic E-state index is -3.71. The van der Waals surface area contributed by atoms with Gasteiger partial charge in [0.1, 0.15) is 6.04 Å². The number of nitrogens with one attached hydrogen (secondary N) is 1. The van der Waals surface area contributed by atoms with E-state index in [1.54, 1.807) is 36.4 Å². The second-order valence-corrected chi connectivity index (χ2v) is 9.44. The van der Waals surface area contributed by atoms with Gasteiger partial charge < -0.3 is 5.32 Å². The van der Waals surface area contributed by atoms with E-state index in [1.807, 2.05) is 23.0 Å². The molecule has 1 unspecified atom stereocenters. The SMILES string of the molecule is CC(C)n1cc2cc(NC(=O)C3CCCN3S(=O)(=O)c3ccccc3)ccc2n1. The summed E-state index contributed by atoms with van der Waals surface area (Å²) in [6, 6.07) is 13.3. The highest BCUT2D eigenvalue weighted by Crippen LogP contribution is 2.27. The number of sulfonamides is 1. The Morgan fingerprint density at radius 1 is 1.17 bits per heavy atom. The van der Waals surface area contributed by atoms with Crippen LogP contribution in [0.3, 0.4) is 0 Å². The van der Waals surface area contributed by atoms with Crippen molar-refractivity contribution < 1.29 is 13.2 Å². The van der Waals surface area contributed by atoms with Crippen LogP contribution in [0.25, 0.3) is 10.9 Å². The summed E-state index contributed by atoms with van der Waals surface area (Å²) < 4.78 is 29.1. The van der Waals surface area contributed by atoms with Gasteiger partial charge in [0.2, 0.25) is 15.9 Å². The molecule has 1 fully saturated rings. The van der Waals surface area contributed by atoms with Crippen LogP contribution in [0.4, 0.5) is 5.69 Å². The van der Waals surface area contributed by atoms with E-state index in [-0.39, 0.29) is 16.8 Å². The lowest BCUT2D eigenvalue weighted by Gasteiger charge is -2.23. The highest BCUT2D eigenvalue weighted by Gasteiger charge is 2.39. The topological polar surface area (TPSA) is 84.3 Å². The van der Waals surface area contributed by atoms with Crippen molar-refractivity contribution in [1.82, 2.24) is 14.1 Å². The molecule has 0 spiro atoms. The molecule has 7 nitrogen and oxygen atoms in total. The van der Waals surface area contributed by atoms with Gasteiger partial charge in [-0.05, 0) is 57.0 Å². The number of hydrogen-bond acceptors (Lipinski definition) is 4. The van der Waals surface area contributed by atoms with Gasteiger partial charge in [-0.1, -0.05) is 18.2 Å². The number of benzene rings is 2. The normalized spacial score (nSPS) is 17.8. The third kappa shape index (κ3) is 3.77. The van der Waals surface area contributed by atoms with Crippen LogP contribution in [0.5, 0.6) is 0 Å². The minimum Gasteiger partial charge on any atom is -0.325 e. The lowest BCUT2D eigenvalue weighted by molar-refractivity contribution is -0.119. The van der Waals surface area contributed by atoms with E-state index >= 15 is 0 Å². The molecule has 1 aliphatic rings. The Morgan fingerprint density at radius 3 is 2.66 bits per heavy atom. The maximum absolute atomic E-state index is 13.0. The Labute approximate surface area is 170 Å². The lowest BCUT2D eigenvalue weighted by Crippen LogP contribution is -2.43. The van der Waals surface area contributed by atoms with Crippen LogP contribution in [0.1, 0.15) is 32.7 Å². The molecule has 2 aromatic carbocycles. The van der Waals surface area contributed by atoms with Crippen molar-refractivity contribution in [1.29, 1.82) is 0 Å². The second kappa shape index (κ2) is 7.61. The van der Waals surface area contributed by atoms with Crippen LogP contribution in [0.15, 0.2) is 59.6 Å². The highest BCUT2D eigenvalue weighted by molar-refractivity contribution is 7.89. The monoisotopic (exact) mass is 412 g/mol. The van der Waals surface area contributed by atoms with Crippen LogP contribution in [-0.4, -0.2) is 41.0 Å². The van der Waals surface area contributed by atoms with Crippen molar-refractivity contribution in [3.05, 3.63) is 54.7 Å². The van der Waals surface area contributed by atoms with Gasteiger partial charge >= 0.3 is 0 Å². The molecular weight excluding hydrogens is 388 g/mol. The smallest absolute Gasteiger partial charge is 0.243 e. The van der Waals surface area contributed by atoms with Crippen LogP contribution >= 0.6 is 0 Å². The largest absolute Gasteiger partial charge is 0.325 e. The summed E-state index contributed by atoms with van der Waals surface area (Å²) in [4.78, 5) is 13.1.